The van der Waals surface area contributed by atoms with Gasteiger partial charge in [0.1, 0.15) is 12.4 Å². The zero-order valence-electron chi connectivity index (χ0n) is 16.2. The number of hydrogen-bond acceptors (Lipinski definition) is 6. The number of nitrogens with zero attached hydrogens (tertiary/aromatic N) is 2. The van der Waals surface area contributed by atoms with Gasteiger partial charge in [-0.1, -0.05) is 0 Å². The van der Waals surface area contributed by atoms with E-state index in [1.807, 2.05) is 11.8 Å². The van der Waals surface area contributed by atoms with Crippen LogP contribution in [0, 0.1) is 12.7 Å². The Balaban J connectivity index is 1.80. The van der Waals surface area contributed by atoms with Crippen molar-refractivity contribution in [3.05, 3.63) is 34.0 Å². The quantitative estimate of drug-likeness (QED) is 0.548. The van der Waals surface area contributed by atoms with Gasteiger partial charge in [-0.15, -0.1) is 0 Å². The van der Waals surface area contributed by atoms with Gasteiger partial charge in [0, 0.05) is 13.1 Å². The number of carbonyl (C=O) groups excluding carboxylic acids is 3. The first-order valence-corrected chi connectivity index (χ1v) is 10.1. The molecule has 0 saturated carbocycles. The molecule has 2 amide bonds. The molecule has 0 aromatic heterocycles. The summed E-state index contributed by atoms with van der Waals surface area (Å²) in [5.74, 6) is -1.56. The number of imide groups is 1. The topological polar surface area (TPSA) is 66.9 Å². The van der Waals surface area contributed by atoms with Gasteiger partial charge in [0.25, 0.3) is 11.1 Å². The van der Waals surface area contributed by atoms with Crippen molar-refractivity contribution in [1.82, 2.24) is 4.90 Å². The molecule has 2 saturated heterocycles. The molecular weight excluding hydrogens is 383 g/mol. The highest BCUT2D eigenvalue weighted by atomic mass is 32.2. The second-order valence-electron chi connectivity index (χ2n) is 7.16. The van der Waals surface area contributed by atoms with Crippen molar-refractivity contribution < 1.29 is 23.5 Å². The number of amides is 2. The van der Waals surface area contributed by atoms with Crippen molar-refractivity contribution in [2.75, 3.05) is 24.5 Å². The van der Waals surface area contributed by atoms with Gasteiger partial charge in [0.2, 0.25) is 0 Å². The second-order valence-corrected chi connectivity index (χ2v) is 8.15. The van der Waals surface area contributed by atoms with E-state index in [0.717, 1.165) is 48.2 Å². The van der Waals surface area contributed by atoms with E-state index in [0.29, 0.717) is 11.3 Å². The van der Waals surface area contributed by atoms with E-state index >= 15 is 0 Å². The molecule has 3 rings (SSSR count). The molecule has 28 heavy (non-hydrogen) atoms. The van der Waals surface area contributed by atoms with Crippen molar-refractivity contribution in [3.8, 4) is 0 Å². The molecular formula is C20H23FN2O4S. The van der Waals surface area contributed by atoms with Crippen molar-refractivity contribution >= 4 is 40.6 Å². The van der Waals surface area contributed by atoms with Gasteiger partial charge in [-0.3, -0.25) is 19.3 Å². The Morgan fingerprint density at radius 2 is 1.96 bits per heavy atom. The molecule has 1 aromatic rings. The minimum Gasteiger partial charge on any atom is -0.462 e. The molecule has 0 radical (unpaired) electrons. The molecule has 0 unspecified atom stereocenters. The molecule has 0 N–H and O–H groups in total. The maximum atomic E-state index is 14.6. The van der Waals surface area contributed by atoms with Crippen LogP contribution in [-0.4, -0.2) is 47.8 Å². The Morgan fingerprint density at radius 3 is 2.61 bits per heavy atom. The minimum atomic E-state index is -0.643. The van der Waals surface area contributed by atoms with Crippen LogP contribution >= 0.6 is 11.8 Å². The van der Waals surface area contributed by atoms with Gasteiger partial charge in [-0.05, 0) is 74.7 Å². The summed E-state index contributed by atoms with van der Waals surface area (Å²) in [6, 6.07) is 3.17. The van der Waals surface area contributed by atoms with Crippen LogP contribution in [0.15, 0.2) is 17.0 Å². The van der Waals surface area contributed by atoms with Crippen LogP contribution in [0.5, 0.6) is 0 Å². The molecule has 2 aliphatic heterocycles. The molecule has 0 spiro atoms. The van der Waals surface area contributed by atoms with Crippen LogP contribution in [-0.2, 0) is 14.3 Å². The van der Waals surface area contributed by atoms with Crippen LogP contribution in [0.2, 0.25) is 0 Å². The van der Waals surface area contributed by atoms with Crippen molar-refractivity contribution in [3.63, 3.8) is 0 Å². The van der Waals surface area contributed by atoms with Gasteiger partial charge < -0.3 is 9.64 Å². The fraction of sp³-hybridized carbons (Fsp3) is 0.450. The van der Waals surface area contributed by atoms with E-state index in [9.17, 15) is 18.8 Å². The van der Waals surface area contributed by atoms with Gasteiger partial charge in [-0.25, -0.2) is 4.39 Å². The Bertz CT molecular complexity index is 847. The van der Waals surface area contributed by atoms with Gasteiger partial charge >= 0.3 is 5.97 Å². The molecule has 2 aliphatic rings. The highest BCUT2D eigenvalue weighted by Gasteiger charge is 2.37. The lowest BCUT2D eigenvalue weighted by atomic mass is 10.1. The van der Waals surface area contributed by atoms with E-state index in [1.165, 1.54) is 12.1 Å². The van der Waals surface area contributed by atoms with Gasteiger partial charge in [0.05, 0.1) is 16.7 Å². The number of benzene rings is 1. The van der Waals surface area contributed by atoms with E-state index in [4.69, 9.17) is 4.74 Å². The SMILES string of the molecule is Cc1cc(N2CCCC2)c(F)cc1C=C1SC(=O)N(CC(=O)OC(C)C)C1=O. The lowest BCUT2D eigenvalue weighted by Crippen LogP contribution is -2.35. The third-order valence-electron chi connectivity index (χ3n) is 4.60. The third kappa shape index (κ3) is 4.38. The number of anilines is 1. The number of hydrogen-bond donors (Lipinski definition) is 0. The number of rotatable bonds is 5. The standard InChI is InChI=1S/C20H23FN2O4S/c1-12(2)27-18(24)11-23-19(25)17(28-20(23)26)10-14-9-15(21)16(8-13(14)3)22-6-4-5-7-22/h8-10,12H,4-7,11H2,1-3H3. The van der Waals surface area contributed by atoms with E-state index in [2.05, 4.69) is 0 Å². The number of halogens is 1. The zero-order valence-corrected chi connectivity index (χ0v) is 17.0. The fourth-order valence-corrected chi connectivity index (χ4v) is 4.07. The average Bonchev–Trinajstić information content (AvgIpc) is 3.22. The first-order chi connectivity index (χ1) is 13.3. The monoisotopic (exact) mass is 406 g/mol. The number of aryl methyl sites for hydroxylation is 1. The van der Waals surface area contributed by atoms with Crippen LogP contribution in [0.3, 0.4) is 0 Å². The lowest BCUT2D eigenvalue weighted by molar-refractivity contribution is -0.149. The van der Waals surface area contributed by atoms with Crippen molar-refractivity contribution in [1.29, 1.82) is 0 Å². The molecule has 1 aromatic carbocycles. The summed E-state index contributed by atoms with van der Waals surface area (Å²) in [7, 11) is 0. The lowest BCUT2D eigenvalue weighted by Gasteiger charge is -2.19. The largest absolute Gasteiger partial charge is 0.462 e. The maximum Gasteiger partial charge on any atom is 0.326 e. The van der Waals surface area contributed by atoms with Gasteiger partial charge in [0.15, 0.2) is 0 Å². The molecule has 0 bridgehead atoms. The smallest absolute Gasteiger partial charge is 0.326 e. The number of ether oxygens (including phenoxy) is 1. The van der Waals surface area contributed by atoms with Crippen molar-refractivity contribution in [2.45, 2.75) is 39.7 Å². The summed E-state index contributed by atoms with van der Waals surface area (Å²) >= 11 is 0.739. The highest BCUT2D eigenvalue weighted by Crippen LogP contribution is 2.34. The van der Waals surface area contributed by atoms with Crippen molar-refractivity contribution in [2.24, 2.45) is 0 Å². The zero-order chi connectivity index (χ0) is 20.4. The van der Waals surface area contributed by atoms with Crippen LogP contribution < -0.4 is 4.90 Å². The first kappa shape index (κ1) is 20.4. The molecule has 2 fully saturated rings. The molecule has 0 atom stereocenters. The Kier molecular flexibility index (Phi) is 6.07. The summed E-state index contributed by atoms with van der Waals surface area (Å²) in [6.07, 6.45) is 3.27. The summed E-state index contributed by atoms with van der Waals surface area (Å²) in [5, 5.41) is -0.538. The Morgan fingerprint density at radius 1 is 1.29 bits per heavy atom. The van der Waals surface area contributed by atoms with E-state index < -0.39 is 23.7 Å². The Labute approximate surface area is 167 Å². The number of carbonyl (C=O) groups is 3. The first-order valence-electron chi connectivity index (χ1n) is 9.26. The van der Waals surface area contributed by atoms with Crippen LogP contribution in [0.1, 0.15) is 37.8 Å². The predicted octanol–water partition coefficient (Wildman–Crippen LogP) is 3.72. The summed E-state index contributed by atoms with van der Waals surface area (Å²) < 4.78 is 19.6. The molecule has 150 valence electrons. The van der Waals surface area contributed by atoms with Crippen LogP contribution in [0.4, 0.5) is 14.9 Å². The summed E-state index contributed by atoms with van der Waals surface area (Å²) in [5.41, 5.74) is 1.92. The molecule has 8 heteroatoms. The molecule has 0 aliphatic carbocycles. The fourth-order valence-electron chi connectivity index (χ4n) is 3.24. The predicted molar refractivity (Wildman–Crippen MR) is 106 cm³/mol. The van der Waals surface area contributed by atoms with E-state index in [-0.39, 0.29) is 16.8 Å². The highest BCUT2D eigenvalue weighted by molar-refractivity contribution is 8.18. The summed E-state index contributed by atoms with van der Waals surface area (Å²) in [6.45, 7) is 6.46. The van der Waals surface area contributed by atoms with E-state index in [1.54, 1.807) is 19.9 Å². The Hall–Kier alpha value is -2.35. The van der Waals surface area contributed by atoms with Crippen LogP contribution in [0.25, 0.3) is 6.08 Å². The third-order valence-corrected chi connectivity index (χ3v) is 5.50. The number of thioether (sulfide) groups is 1. The van der Waals surface area contributed by atoms with Gasteiger partial charge in [-0.2, -0.15) is 0 Å². The molecule has 6 nitrogen and oxygen atoms in total. The second kappa shape index (κ2) is 8.34. The molecule has 2 heterocycles. The maximum absolute atomic E-state index is 14.6. The normalized spacial score (nSPS) is 18.7. The minimum absolute atomic E-state index is 0.166. The average molecular weight is 406 g/mol. The number of esters is 1. The summed E-state index contributed by atoms with van der Waals surface area (Å²) in [4.78, 5) is 39.5.